The number of carbonyl (C=O) groups excluding carboxylic acids is 2. The molecule has 142 valence electrons. The van der Waals surface area contributed by atoms with Gasteiger partial charge in [0, 0.05) is 17.3 Å². The van der Waals surface area contributed by atoms with Crippen molar-refractivity contribution in [1.29, 1.82) is 0 Å². The molecule has 1 aliphatic rings. The topological polar surface area (TPSA) is 130 Å². The van der Waals surface area contributed by atoms with Crippen LogP contribution in [0.25, 0.3) is 11.3 Å². The lowest BCUT2D eigenvalue weighted by atomic mass is 10.1. The van der Waals surface area contributed by atoms with Crippen LogP contribution in [0.4, 0.5) is 17.1 Å². The normalized spacial score (nSPS) is 13.9. The van der Waals surface area contributed by atoms with Gasteiger partial charge in [0.1, 0.15) is 6.42 Å². The Morgan fingerprint density at radius 1 is 0.929 bits per heavy atom. The maximum absolute atomic E-state index is 12.7. The first kappa shape index (κ1) is 17.7. The molecule has 28 heavy (non-hydrogen) atoms. The van der Waals surface area contributed by atoms with Crippen LogP contribution in [0.2, 0.25) is 0 Å². The Labute approximate surface area is 159 Å². The average molecular weight is 398 g/mol. The summed E-state index contributed by atoms with van der Waals surface area (Å²) in [6.45, 7) is 0. The number of rotatable bonds is 4. The van der Waals surface area contributed by atoms with Gasteiger partial charge in [-0.05, 0) is 42.5 Å². The van der Waals surface area contributed by atoms with Gasteiger partial charge in [-0.2, -0.15) is 0 Å². The lowest BCUT2D eigenvalue weighted by Crippen LogP contribution is -2.16. The van der Waals surface area contributed by atoms with Gasteiger partial charge in [-0.25, -0.2) is 8.42 Å². The van der Waals surface area contributed by atoms with Crippen molar-refractivity contribution >= 4 is 38.9 Å². The lowest BCUT2D eigenvalue weighted by molar-refractivity contribution is -0.123. The highest BCUT2D eigenvalue weighted by Gasteiger charge is 2.22. The third-order valence-corrected chi connectivity index (χ3v) is 5.41. The van der Waals surface area contributed by atoms with Crippen LogP contribution in [0.1, 0.15) is 6.42 Å². The van der Waals surface area contributed by atoms with Crippen molar-refractivity contribution in [2.24, 2.45) is 0 Å². The minimum Gasteiger partial charge on any atom is -0.356 e. The molecule has 2 heterocycles. The van der Waals surface area contributed by atoms with Gasteiger partial charge in [0.25, 0.3) is 10.0 Å². The predicted molar refractivity (Wildman–Crippen MR) is 101 cm³/mol. The van der Waals surface area contributed by atoms with Crippen molar-refractivity contribution in [3.05, 3.63) is 54.7 Å². The molecule has 4 rings (SSSR count). The first-order chi connectivity index (χ1) is 13.4. The van der Waals surface area contributed by atoms with Gasteiger partial charge in [0.15, 0.2) is 5.76 Å². The Morgan fingerprint density at radius 2 is 1.64 bits per heavy atom. The fraction of sp³-hybridized carbons (Fsp3) is 0.0556. The summed E-state index contributed by atoms with van der Waals surface area (Å²) in [5.74, 6) is -0.406. The molecule has 0 spiro atoms. The van der Waals surface area contributed by atoms with Crippen molar-refractivity contribution in [3.8, 4) is 11.3 Å². The van der Waals surface area contributed by atoms with Crippen molar-refractivity contribution in [3.63, 3.8) is 0 Å². The molecule has 3 aromatic rings. The monoisotopic (exact) mass is 398 g/mol. The van der Waals surface area contributed by atoms with E-state index in [1.165, 1.54) is 24.4 Å². The van der Waals surface area contributed by atoms with Crippen LogP contribution in [-0.2, 0) is 19.6 Å². The Hall–Kier alpha value is -3.66. The molecule has 3 N–H and O–H groups in total. The quantitative estimate of drug-likeness (QED) is 0.579. The predicted octanol–water partition coefficient (Wildman–Crippen LogP) is 2.42. The van der Waals surface area contributed by atoms with Crippen LogP contribution in [-0.4, -0.2) is 25.4 Å². The zero-order valence-electron chi connectivity index (χ0n) is 14.3. The molecule has 2 aromatic carbocycles. The van der Waals surface area contributed by atoms with Crippen molar-refractivity contribution in [2.45, 2.75) is 11.3 Å². The highest BCUT2D eigenvalue weighted by molar-refractivity contribution is 7.92. The van der Waals surface area contributed by atoms with Gasteiger partial charge in [0.05, 0.1) is 22.5 Å². The first-order valence-corrected chi connectivity index (χ1v) is 9.67. The molecule has 0 bridgehead atoms. The maximum atomic E-state index is 12.7. The second kappa shape index (κ2) is 6.82. The number of anilines is 3. The number of nitrogens with zero attached hydrogens (tertiary/aromatic N) is 1. The smallest absolute Gasteiger partial charge is 0.261 e. The summed E-state index contributed by atoms with van der Waals surface area (Å²) in [5.41, 5.74) is 1.67. The summed E-state index contributed by atoms with van der Waals surface area (Å²) in [7, 11) is -3.91. The molecule has 9 nitrogen and oxygen atoms in total. The van der Waals surface area contributed by atoms with Crippen LogP contribution in [0, 0.1) is 0 Å². The SMILES string of the molecule is O=C1CC(=O)Nc2cc(S(=O)(=O)Nc3ccc(-c4ccno4)cc3)ccc2N1. The molecule has 0 saturated heterocycles. The van der Waals surface area contributed by atoms with Gasteiger partial charge < -0.3 is 15.2 Å². The molecule has 0 aliphatic carbocycles. The van der Waals surface area contributed by atoms with E-state index in [1.54, 1.807) is 30.3 Å². The van der Waals surface area contributed by atoms with Crippen molar-refractivity contribution in [1.82, 2.24) is 5.16 Å². The van der Waals surface area contributed by atoms with Crippen LogP contribution in [0.15, 0.2) is 64.1 Å². The standard InChI is InChI=1S/C18H14N4O5S/c23-17-10-18(24)21-15-9-13(5-6-14(15)20-17)28(25,26)22-12-3-1-11(2-4-12)16-7-8-19-27-16/h1-9,22H,10H2,(H,20,23)(H,21,24). The van der Waals surface area contributed by atoms with E-state index in [1.807, 2.05) is 0 Å². The summed E-state index contributed by atoms with van der Waals surface area (Å²) in [4.78, 5) is 23.2. The minimum atomic E-state index is -3.91. The summed E-state index contributed by atoms with van der Waals surface area (Å²) in [6, 6.07) is 12.4. The molecule has 0 fully saturated rings. The van der Waals surface area contributed by atoms with E-state index < -0.39 is 21.8 Å². The zero-order valence-corrected chi connectivity index (χ0v) is 15.1. The number of nitrogens with one attached hydrogen (secondary N) is 3. The fourth-order valence-corrected chi connectivity index (χ4v) is 3.80. The molecule has 1 aliphatic heterocycles. The molecule has 2 amide bonds. The maximum Gasteiger partial charge on any atom is 0.261 e. The number of benzene rings is 2. The van der Waals surface area contributed by atoms with Crippen molar-refractivity contribution < 1.29 is 22.5 Å². The van der Waals surface area contributed by atoms with E-state index in [0.717, 1.165) is 5.56 Å². The van der Waals surface area contributed by atoms with Crippen LogP contribution in [0.5, 0.6) is 0 Å². The van der Waals surface area contributed by atoms with Crippen molar-refractivity contribution in [2.75, 3.05) is 15.4 Å². The van der Waals surface area contributed by atoms with Gasteiger partial charge in [-0.15, -0.1) is 0 Å². The van der Waals surface area contributed by atoms with Crippen LogP contribution < -0.4 is 15.4 Å². The second-order valence-corrected chi connectivity index (χ2v) is 7.72. The third-order valence-electron chi connectivity index (χ3n) is 4.03. The fourth-order valence-electron chi connectivity index (χ4n) is 2.72. The number of sulfonamides is 1. The molecule has 0 unspecified atom stereocenters. The van der Waals surface area contributed by atoms with Crippen LogP contribution >= 0.6 is 0 Å². The van der Waals surface area contributed by atoms with E-state index in [-0.39, 0.29) is 17.0 Å². The number of hydrogen-bond donors (Lipinski definition) is 3. The molecular formula is C18H14N4O5S. The van der Waals surface area contributed by atoms with E-state index in [2.05, 4.69) is 20.5 Å². The molecule has 0 saturated carbocycles. The summed E-state index contributed by atoms with van der Waals surface area (Å²) in [5, 5.41) is 8.70. The van der Waals surface area contributed by atoms with E-state index >= 15 is 0 Å². The second-order valence-electron chi connectivity index (χ2n) is 6.04. The van der Waals surface area contributed by atoms with E-state index in [0.29, 0.717) is 17.1 Å². The van der Waals surface area contributed by atoms with E-state index in [9.17, 15) is 18.0 Å². The first-order valence-electron chi connectivity index (χ1n) is 8.18. The number of hydrogen-bond acceptors (Lipinski definition) is 6. The number of amides is 2. The van der Waals surface area contributed by atoms with E-state index in [4.69, 9.17) is 4.52 Å². The Kier molecular flexibility index (Phi) is 4.32. The average Bonchev–Trinajstić information content (AvgIpc) is 3.13. The molecular weight excluding hydrogens is 384 g/mol. The highest BCUT2D eigenvalue weighted by atomic mass is 32.2. The highest BCUT2D eigenvalue weighted by Crippen LogP contribution is 2.29. The Bertz CT molecular complexity index is 1160. The summed E-state index contributed by atoms with van der Waals surface area (Å²) < 4.78 is 32.9. The minimum absolute atomic E-state index is 0.0537. The van der Waals surface area contributed by atoms with Gasteiger partial charge >= 0.3 is 0 Å². The Balaban J connectivity index is 1.59. The molecule has 0 radical (unpaired) electrons. The summed E-state index contributed by atoms with van der Waals surface area (Å²) in [6.07, 6.45) is 1.19. The van der Waals surface area contributed by atoms with Gasteiger partial charge in [0.2, 0.25) is 11.8 Å². The Morgan fingerprint density at radius 3 is 2.32 bits per heavy atom. The van der Waals surface area contributed by atoms with Gasteiger partial charge in [-0.3, -0.25) is 14.3 Å². The number of aromatic nitrogens is 1. The molecule has 10 heteroatoms. The third kappa shape index (κ3) is 3.58. The largest absolute Gasteiger partial charge is 0.356 e. The van der Waals surface area contributed by atoms with Gasteiger partial charge in [-0.1, -0.05) is 5.16 Å². The van der Waals surface area contributed by atoms with Crippen LogP contribution in [0.3, 0.4) is 0 Å². The lowest BCUT2D eigenvalue weighted by Gasteiger charge is -2.12. The summed E-state index contributed by atoms with van der Waals surface area (Å²) >= 11 is 0. The molecule has 1 aromatic heterocycles. The zero-order chi connectivity index (χ0) is 19.7. The number of carbonyl (C=O) groups is 2. The number of fused-ring (bicyclic) bond motifs is 1. The molecule has 0 atom stereocenters.